The number of nitrogens with one attached hydrogen (secondary N) is 1. The van der Waals surface area contributed by atoms with Crippen molar-refractivity contribution in [1.29, 1.82) is 0 Å². The van der Waals surface area contributed by atoms with E-state index in [1.54, 1.807) is 0 Å². The molecule has 1 fully saturated rings. The van der Waals surface area contributed by atoms with Crippen LogP contribution in [0.4, 0.5) is 0 Å². The molecular weight excluding hydrogens is 236 g/mol. The Balaban J connectivity index is 2.14. The average molecular weight is 262 g/mol. The maximum absolute atomic E-state index is 5.66. The first kappa shape index (κ1) is 14.5. The quantitative estimate of drug-likeness (QED) is 0.882. The van der Waals surface area contributed by atoms with Gasteiger partial charge in [-0.1, -0.05) is 37.3 Å². The van der Waals surface area contributed by atoms with Crippen molar-refractivity contribution in [3.05, 3.63) is 35.9 Å². The molecule has 2 rings (SSSR count). The minimum absolute atomic E-state index is 0.344. The predicted octanol–water partition coefficient (Wildman–Crippen LogP) is 2.45. The molecule has 106 valence electrons. The minimum Gasteiger partial charge on any atom is -0.376 e. The van der Waals surface area contributed by atoms with E-state index >= 15 is 0 Å². The van der Waals surface area contributed by atoms with Crippen LogP contribution in [0.1, 0.15) is 31.9 Å². The smallest absolute Gasteiger partial charge is 0.0674 e. The van der Waals surface area contributed by atoms with Gasteiger partial charge in [-0.2, -0.15) is 0 Å². The van der Waals surface area contributed by atoms with Gasteiger partial charge >= 0.3 is 0 Å². The molecule has 1 aromatic carbocycles. The predicted molar refractivity (Wildman–Crippen MR) is 79.3 cm³/mol. The van der Waals surface area contributed by atoms with E-state index in [-0.39, 0.29) is 0 Å². The van der Waals surface area contributed by atoms with Crippen molar-refractivity contribution in [2.45, 2.75) is 38.5 Å². The molecule has 3 unspecified atom stereocenters. The van der Waals surface area contributed by atoms with Crippen LogP contribution < -0.4 is 5.32 Å². The molecule has 0 bridgehead atoms. The van der Waals surface area contributed by atoms with Gasteiger partial charge in [0.25, 0.3) is 0 Å². The Kier molecular flexibility index (Phi) is 5.37. The molecule has 0 spiro atoms. The molecule has 1 aliphatic heterocycles. The molecule has 0 amide bonds. The number of hydrogen-bond acceptors (Lipinski definition) is 3. The van der Waals surface area contributed by atoms with Crippen LogP contribution in [-0.2, 0) is 4.74 Å². The third-order valence-corrected chi connectivity index (χ3v) is 4.01. The first-order valence-corrected chi connectivity index (χ1v) is 7.34. The summed E-state index contributed by atoms with van der Waals surface area (Å²) in [5.74, 6) is 0. The highest BCUT2D eigenvalue weighted by atomic mass is 16.5. The first-order valence-electron chi connectivity index (χ1n) is 7.34. The Hall–Kier alpha value is -0.900. The SMILES string of the molecule is CCC(C(NC)c1ccccc1)N1CCOC(C)C1. The summed E-state index contributed by atoms with van der Waals surface area (Å²) in [6, 6.07) is 11.7. The minimum atomic E-state index is 0.344. The monoisotopic (exact) mass is 262 g/mol. The molecule has 3 nitrogen and oxygen atoms in total. The van der Waals surface area contributed by atoms with E-state index in [2.05, 4.69) is 61.4 Å². The van der Waals surface area contributed by atoms with Crippen LogP contribution in [0.2, 0.25) is 0 Å². The average Bonchev–Trinajstić information content (AvgIpc) is 2.45. The fourth-order valence-electron chi connectivity index (χ4n) is 3.09. The molecule has 19 heavy (non-hydrogen) atoms. The summed E-state index contributed by atoms with van der Waals surface area (Å²) in [6.45, 7) is 7.36. The molecule has 1 aromatic rings. The summed E-state index contributed by atoms with van der Waals surface area (Å²) >= 11 is 0. The van der Waals surface area contributed by atoms with E-state index < -0.39 is 0 Å². The van der Waals surface area contributed by atoms with Crippen molar-refractivity contribution in [2.75, 3.05) is 26.7 Å². The highest BCUT2D eigenvalue weighted by Gasteiger charge is 2.29. The summed E-state index contributed by atoms with van der Waals surface area (Å²) in [4.78, 5) is 2.57. The highest BCUT2D eigenvalue weighted by molar-refractivity contribution is 5.20. The zero-order chi connectivity index (χ0) is 13.7. The molecular formula is C16H26N2O. The molecule has 1 saturated heterocycles. The number of ether oxygens (including phenoxy) is 1. The number of nitrogens with zero attached hydrogens (tertiary/aromatic N) is 1. The lowest BCUT2D eigenvalue weighted by Crippen LogP contribution is -2.50. The lowest BCUT2D eigenvalue weighted by molar-refractivity contribution is -0.0402. The molecule has 0 radical (unpaired) electrons. The lowest BCUT2D eigenvalue weighted by Gasteiger charge is -2.40. The van der Waals surface area contributed by atoms with Gasteiger partial charge in [-0.15, -0.1) is 0 Å². The second-order valence-electron chi connectivity index (χ2n) is 5.33. The molecule has 3 heteroatoms. The fourth-order valence-corrected chi connectivity index (χ4v) is 3.09. The first-order chi connectivity index (χ1) is 9.26. The number of rotatable bonds is 5. The van der Waals surface area contributed by atoms with Crippen molar-refractivity contribution in [3.8, 4) is 0 Å². The second kappa shape index (κ2) is 7.04. The van der Waals surface area contributed by atoms with Crippen LogP contribution in [0.5, 0.6) is 0 Å². The Bertz CT molecular complexity index is 368. The Morgan fingerprint density at radius 1 is 1.37 bits per heavy atom. The van der Waals surface area contributed by atoms with Gasteiger partial charge in [-0.25, -0.2) is 0 Å². The van der Waals surface area contributed by atoms with Crippen LogP contribution in [0.25, 0.3) is 0 Å². The van der Waals surface area contributed by atoms with Gasteiger partial charge in [0.05, 0.1) is 12.7 Å². The maximum atomic E-state index is 5.66. The molecule has 1 heterocycles. The maximum Gasteiger partial charge on any atom is 0.0674 e. The van der Waals surface area contributed by atoms with Crippen molar-refractivity contribution >= 4 is 0 Å². The number of morpholine rings is 1. The zero-order valence-corrected chi connectivity index (χ0v) is 12.3. The van der Waals surface area contributed by atoms with Gasteiger partial charge in [0, 0.05) is 25.2 Å². The van der Waals surface area contributed by atoms with Gasteiger partial charge in [-0.3, -0.25) is 4.90 Å². The number of hydrogen-bond donors (Lipinski definition) is 1. The van der Waals surface area contributed by atoms with Gasteiger partial charge < -0.3 is 10.1 Å². The van der Waals surface area contributed by atoms with Crippen LogP contribution in [0.15, 0.2) is 30.3 Å². The van der Waals surface area contributed by atoms with Gasteiger partial charge in [-0.05, 0) is 26.0 Å². The summed E-state index contributed by atoms with van der Waals surface area (Å²) in [5, 5.41) is 3.50. The summed E-state index contributed by atoms with van der Waals surface area (Å²) in [6.07, 6.45) is 1.49. The van der Waals surface area contributed by atoms with Crippen molar-refractivity contribution in [2.24, 2.45) is 0 Å². The zero-order valence-electron chi connectivity index (χ0n) is 12.3. The van der Waals surface area contributed by atoms with Crippen molar-refractivity contribution < 1.29 is 4.74 Å². The standard InChI is InChI=1S/C16H26N2O/c1-4-15(18-10-11-19-13(2)12-18)16(17-3)14-8-6-5-7-9-14/h5-9,13,15-17H,4,10-12H2,1-3H3. The van der Waals surface area contributed by atoms with E-state index in [0.29, 0.717) is 18.2 Å². The third kappa shape index (κ3) is 3.56. The normalized spacial score (nSPS) is 24.1. The highest BCUT2D eigenvalue weighted by Crippen LogP contribution is 2.24. The fraction of sp³-hybridized carbons (Fsp3) is 0.625. The van der Waals surface area contributed by atoms with Crippen LogP contribution in [0, 0.1) is 0 Å². The van der Waals surface area contributed by atoms with E-state index in [4.69, 9.17) is 4.74 Å². The lowest BCUT2D eigenvalue weighted by atomic mass is 9.95. The van der Waals surface area contributed by atoms with E-state index in [9.17, 15) is 0 Å². The van der Waals surface area contributed by atoms with Crippen LogP contribution in [-0.4, -0.2) is 43.8 Å². The van der Waals surface area contributed by atoms with Crippen LogP contribution in [0.3, 0.4) is 0 Å². The molecule has 0 aromatic heterocycles. The molecule has 3 atom stereocenters. The number of likely N-dealkylation sites (N-methyl/N-ethyl adjacent to an activating group) is 1. The summed E-state index contributed by atoms with van der Waals surface area (Å²) < 4.78 is 5.66. The van der Waals surface area contributed by atoms with Gasteiger partial charge in [0.2, 0.25) is 0 Å². The third-order valence-electron chi connectivity index (χ3n) is 4.01. The molecule has 0 saturated carbocycles. The topological polar surface area (TPSA) is 24.5 Å². The summed E-state index contributed by atoms with van der Waals surface area (Å²) in [5.41, 5.74) is 1.37. The largest absolute Gasteiger partial charge is 0.376 e. The number of benzene rings is 1. The van der Waals surface area contributed by atoms with E-state index in [0.717, 1.165) is 26.1 Å². The van der Waals surface area contributed by atoms with Crippen molar-refractivity contribution in [3.63, 3.8) is 0 Å². The molecule has 0 aliphatic carbocycles. The summed E-state index contributed by atoms with van der Waals surface area (Å²) in [7, 11) is 2.06. The molecule has 1 N–H and O–H groups in total. The van der Waals surface area contributed by atoms with E-state index in [1.807, 2.05) is 0 Å². The Morgan fingerprint density at radius 3 is 2.68 bits per heavy atom. The molecule has 1 aliphatic rings. The van der Waals surface area contributed by atoms with Gasteiger partial charge in [0.1, 0.15) is 0 Å². The Labute approximate surface area is 116 Å². The Morgan fingerprint density at radius 2 is 2.11 bits per heavy atom. The van der Waals surface area contributed by atoms with E-state index in [1.165, 1.54) is 5.56 Å². The van der Waals surface area contributed by atoms with Crippen molar-refractivity contribution in [1.82, 2.24) is 10.2 Å². The van der Waals surface area contributed by atoms with Gasteiger partial charge in [0.15, 0.2) is 0 Å². The second-order valence-corrected chi connectivity index (χ2v) is 5.33. The van der Waals surface area contributed by atoms with Crippen LogP contribution >= 0.6 is 0 Å².